The van der Waals surface area contributed by atoms with E-state index in [1.807, 2.05) is 0 Å². The van der Waals surface area contributed by atoms with Gasteiger partial charge in [0.15, 0.2) is 0 Å². The Balaban J connectivity index is 2.34. The molecule has 0 aliphatic heterocycles. The fourth-order valence-corrected chi connectivity index (χ4v) is 1.59. The zero-order valence-electron chi connectivity index (χ0n) is 7.22. The minimum atomic E-state index is -0.359. The molecule has 0 radical (unpaired) electrons. The number of hydrogen-bond donors (Lipinski definition) is 1. The molecule has 1 atom stereocenters. The first-order chi connectivity index (χ1) is 6.79. The first kappa shape index (κ1) is 9.36. The summed E-state index contributed by atoms with van der Waals surface area (Å²) in [5, 5.41) is 0. The lowest BCUT2D eigenvalue weighted by Gasteiger charge is -2.07. The van der Waals surface area contributed by atoms with Crippen LogP contribution in [0.1, 0.15) is 17.5 Å². The van der Waals surface area contributed by atoms with Crippen LogP contribution in [0.15, 0.2) is 39.8 Å². The first-order valence-electron chi connectivity index (χ1n) is 4.03. The van der Waals surface area contributed by atoms with E-state index in [9.17, 15) is 0 Å². The van der Waals surface area contributed by atoms with Gasteiger partial charge in [-0.2, -0.15) is 0 Å². The molecular weight excluding hydrogens is 246 g/mol. The predicted octanol–water partition coefficient (Wildman–Crippen LogP) is 1.88. The molecule has 0 saturated carbocycles. The fourth-order valence-electron chi connectivity index (χ4n) is 1.15. The molecule has 2 rings (SSSR count). The topological polar surface area (TPSA) is 64.9 Å². The van der Waals surface area contributed by atoms with Gasteiger partial charge in [0.05, 0.1) is 16.4 Å². The average Bonchev–Trinajstić information content (AvgIpc) is 2.65. The Hall–Kier alpha value is -1.20. The summed E-state index contributed by atoms with van der Waals surface area (Å²) in [6.45, 7) is 0. The van der Waals surface area contributed by atoms with E-state index in [1.54, 1.807) is 24.6 Å². The molecule has 2 aromatic heterocycles. The second-order valence-electron chi connectivity index (χ2n) is 2.74. The Kier molecular flexibility index (Phi) is 2.60. The zero-order valence-corrected chi connectivity index (χ0v) is 8.81. The lowest BCUT2D eigenvalue weighted by Crippen LogP contribution is -2.13. The summed E-state index contributed by atoms with van der Waals surface area (Å²) in [6.07, 6.45) is 4.70. The number of halogens is 1. The molecule has 0 fully saturated rings. The molecule has 4 nitrogen and oxygen atoms in total. The maximum absolute atomic E-state index is 5.95. The van der Waals surface area contributed by atoms with E-state index in [-0.39, 0.29) is 6.04 Å². The number of nitrogens with zero attached hydrogens (tertiary/aromatic N) is 2. The Morgan fingerprint density at radius 2 is 2.29 bits per heavy atom. The van der Waals surface area contributed by atoms with Crippen LogP contribution in [0.4, 0.5) is 0 Å². The molecule has 2 heterocycles. The van der Waals surface area contributed by atoms with Crippen LogP contribution in [0.25, 0.3) is 0 Å². The third-order valence-corrected chi connectivity index (χ3v) is 2.51. The second kappa shape index (κ2) is 3.89. The molecule has 0 aliphatic rings. The fraction of sp³-hybridized carbons (Fsp3) is 0.111. The van der Waals surface area contributed by atoms with Gasteiger partial charge in [-0.15, -0.1) is 0 Å². The Morgan fingerprint density at radius 3 is 2.86 bits per heavy atom. The highest BCUT2D eigenvalue weighted by Gasteiger charge is 2.16. The van der Waals surface area contributed by atoms with Crippen molar-refractivity contribution in [3.05, 3.63) is 46.8 Å². The van der Waals surface area contributed by atoms with Crippen molar-refractivity contribution in [1.29, 1.82) is 0 Å². The highest BCUT2D eigenvalue weighted by Crippen LogP contribution is 2.26. The molecule has 0 amide bonds. The Morgan fingerprint density at radius 1 is 1.43 bits per heavy atom. The lowest BCUT2D eigenvalue weighted by molar-refractivity contribution is 0.484. The van der Waals surface area contributed by atoms with Crippen molar-refractivity contribution in [3.8, 4) is 0 Å². The summed E-state index contributed by atoms with van der Waals surface area (Å²) >= 11 is 3.35. The van der Waals surface area contributed by atoms with E-state index in [4.69, 9.17) is 10.2 Å². The summed E-state index contributed by atoms with van der Waals surface area (Å²) in [4.78, 5) is 7.88. The molecule has 0 aliphatic carbocycles. The molecular formula is C9H8BrN3O. The second-order valence-corrected chi connectivity index (χ2v) is 3.60. The van der Waals surface area contributed by atoms with E-state index >= 15 is 0 Å². The SMILES string of the molecule is NC(c1ccncn1)c1occc1Br. The summed E-state index contributed by atoms with van der Waals surface area (Å²) in [5.74, 6) is 0.670. The van der Waals surface area contributed by atoms with Crippen LogP contribution in [-0.2, 0) is 0 Å². The molecule has 0 bridgehead atoms. The van der Waals surface area contributed by atoms with Crippen LogP contribution in [0.3, 0.4) is 0 Å². The molecule has 0 spiro atoms. The minimum absolute atomic E-state index is 0.359. The molecule has 1 unspecified atom stereocenters. The summed E-state index contributed by atoms with van der Waals surface area (Å²) in [5.41, 5.74) is 6.68. The van der Waals surface area contributed by atoms with Crippen LogP contribution in [-0.4, -0.2) is 9.97 Å². The van der Waals surface area contributed by atoms with Crippen LogP contribution in [0.2, 0.25) is 0 Å². The van der Waals surface area contributed by atoms with Crippen molar-refractivity contribution in [2.24, 2.45) is 5.73 Å². The van der Waals surface area contributed by atoms with Gasteiger partial charge in [0, 0.05) is 6.20 Å². The normalized spacial score (nSPS) is 12.7. The Labute approximate surface area is 89.3 Å². The molecule has 5 heteroatoms. The van der Waals surface area contributed by atoms with Gasteiger partial charge in [0.1, 0.15) is 18.1 Å². The molecule has 0 aromatic carbocycles. The van der Waals surface area contributed by atoms with Crippen molar-refractivity contribution in [2.75, 3.05) is 0 Å². The van der Waals surface area contributed by atoms with Gasteiger partial charge in [-0.05, 0) is 28.1 Å². The quantitative estimate of drug-likeness (QED) is 0.888. The van der Waals surface area contributed by atoms with E-state index in [0.717, 1.165) is 10.2 Å². The standard InChI is InChI=1S/C9H8BrN3O/c10-6-2-4-14-9(6)8(11)7-1-3-12-5-13-7/h1-5,8H,11H2. The van der Waals surface area contributed by atoms with Crippen LogP contribution in [0, 0.1) is 0 Å². The average molecular weight is 254 g/mol. The maximum Gasteiger partial charge on any atom is 0.140 e. The van der Waals surface area contributed by atoms with Crippen molar-refractivity contribution >= 4 is 15.9 Å². The molecule has 2 N–H and O–H groups in total. The predicted molar refractivity (Wildman–Crippen MR) is 54.5 cm³/mol. The number of hydrogen-bond acceptors (Lipinski definition) is 4. The summed E-state index contributed by atoms with van der Waals surface area (Å²) in [6, 6.07) is 3.21. The van der Waals surface area contributed by atoms with E-state index < -0.39 is 0 Å². The van der Waals surface area contributed by atoms with E-state index in [2.05, 4.69) is 25.9 Å². The van der Waals surface area contributed by atoms with Crippen LogP contribution >= 0.6 is 15.9 Å². The zero-order chi connectivity index (χ0) is 9.97. The van der Waals surface area contributed by atoms with Gasteiger partial charge in [-0.3, -0.25) is 0 Å². The molecule has 2 aromatic rings. The lowest BCUT2D eigenvalue weighted by atomic mass is 10.1. The molecule has 0 saturated heterocycles. The number of rotatable bonds is 2. The van der Waals surface area contributed by atoms with Crippen LogP contribution < -0.4 is 5.73 Å². The molecule has 72 valence electrons. The van der Waals surface area contributed by atoms with Crippen molar-refractivity contribution < 1.29 is 4.42 Å². The van der Waals surface area contributed by atoms with Crippen molar-refractivity contribution in [1.82, 2.24) is 9.97 Å². The third-order valence-electron chi connectivity index (χ3n) is 1.85. The van der Waals surface area contributed by atoms with Gasteiger partial charge in [-0.25, -0.2) is 9.97 Å². The van der Waals surface area contributed by atoms with Gasteiger partial charge in [0.2, 0.25) is 0 Å². The van der Waals surface area contributed by atoms with E-state index in [0.29, 0.717) is 5.76 Å². The largest absolute Gasteiger partial charge is 0.466 e. The van der Waals surface area contributed by atoms with Crippen molar-refractivity contribution in [2.45, 2.75) is 6.04 Å². The number of furan rings is 1. The summed E-state index contributed by atoms with van der Waals surface area (Å²) < 4.78 is 6.10. The summed E-state index contributed by atoms with van der Waals surface area (Å²) in [7, 11) is 0. The highest BCUT2D eigenvalue weighted by atomic mass is 79.9. The smallest absolute Gasteiger partial charge is 0.140 e. The minimum Gasteiger partial charge on any atom is -0.466 e. The van der Waals surface area contributed by atoms with Gasteiger partial charge in [0.25, 0.3) is 0 Å². The maximum atomic E-state index is 5.95. The third kappa shape index (κ3) is 1.69. The Bertz CT molecular complexity index is 415. The van der Waals surface area contributed by atoms with Gasteiger partial charge in [-0.1, -0.05) is 0 Å². The van der Waals surface area contributed by atoms with Gasteiger partial charge >= 0.3 is 0 Å². The van der Waals surface area contributed by atoms with Crippen LogP contribution in [0.5, 0.6) is 0 Å². The van der Waals surface area contributed by atoms with Gasteiger partial charge < -0.3 is 10.2 Å². The first-order valence-corrected chi connectivity index (χ1v) is 4.82. The highest BCUT2D eigenvalue weighted by molar-refractivity contribution is 9.10. The number of aromatic nitrogens is 2. The number of nitrogens with two attached hydrogens (primary N) is 1. The van der Waals surface area contributed by atoms with E-state index in [1.165, 1.54) is 6.33 Å². The van der Waals surface area contributed by atoms with Crippen molar-refractivity contribution in [3.63, 3.8) is 0 Å². The monoisotopic (exact) mass is 253 g/mol. The molecule has 14 heavy (non-hydrogen) atoms.